The highest BCUT2D eigenvalue weighted by molar-refractivity contribution is 6.01. The Bertz CT molecular complexity index is 1690. The molecule has 216 valence electrons. The molecule has 0 aliphatic rings. The van der Waals surface area contributed by atoms with Crippen LogP contribution < -0.4 is 15.4 Å². The number of methoxy groups -OCH3 is 1. The molecule has 0 aliphatic carbocycles. The van der Waals surface area contributed by atoms with Gasteiger partial charge in [-0.3, -0.25) is 14.2 Å². The van der Waals surface area contributed by atoms with Crippen molar-refractivity contribution < 1.29 is 19.1 Å². The van der Waals surface area contributed by atoms with Crippen molar-refractivity contribution in [1.29, 1.82) is 5.26 Å². The Morgan fingerprint density at radius 2 is 1.93 bits per heavy atom. The second-order valence-electron chi connectivity index (χ2n) is 10.2. The number of ether oxygens (including phenoxy) is 2. The monoisotopic (exact) mass is 565 g/mol. The predicted octanol–water partition coefficient (Wildman–Crippen LogP) is 5.83. The van der Waals surface area contributed by atoms with Gasteiger partial charge in [0.05, 0.1) is 18.7 Å². The van der Waals surface area contributed by atoms with Crippen LogP contribution in [-0.4, -0.2) is 41.6 Å². The molecule has 0 aliphatic heterocycles. The lowest BCUT2D eigenvalue weighted by molar-refractivity contribution is -0.155. The third-order valence-corrected chi connectivity index (χ3v) is 7.53. The molecule has 9 heteroatoms. The van der Waals surface area contributed by atoms with Crippen LogP contribution in [0.5, 0.6) is 5.75 Å². The summed E-state index contributed by atoms with van der Waals surface area (Å²) in [6.45, 7) is 9.24. The molecular formula is C33H35N5O4. The number of benzene rings is 2. The lowest BCUT2D eigenvalue weighted by Crippen LogP contribution is -2.38. The number of aromatic nitrogens is 2. The summed E-state index contributed by atoms with van der Waals surface area (Å²) in [6, 6.07) is 16.2. The first-order valence-corrected chi connectivity index (χ1v) is 13.7. The molecule has 0 saturated carbocycles. The van der Waals surface area contributed by atoms with Crippen molar-refractivity contribution >= 4 is 28.6 Å². The van der Waals surface area contributed by atoms with Crippen LogP contribution in [0.1, 0.15) is 39.0 Å². The Labute approximate surface area is 245 Å². The van der Waals surface area contributed by atoms with Crippen molar-refractivity contribution in [3.63, 3.8) is 0 Å². The number of pyridine rings is 1. The van der Waals surface area contributed by atoms with E-state index in [2.05, 4.69) is 12.6 Å². The van der Waals surface area contributed by atoms with Crippen LogP contribution in [0.15, 0.2) is 73.6 Å². The summed E-state index contributed by atoms with van der Waals surface area (Å²) < 4.78 is 13.1. The van der Waals surface area contributed by atoms with E-state index in [-0.39, 0.29) is 11.8 Å². The summed E-state index contributed by atoms with van der Waals surface area (Å²) in [5.41, 5.74) is 11.1. The fraction of sp³-hybridized carbons (Fsp3) is 0.273. The summed E-state index contributed by atoms with van der Waals surface area (Å²) in [6.07, 6.45) is 4.91. The molecule has 4 aromatic rings. The van der Waals surface area contributed by atoms with Gasteiger partial charge < -0.3 is 20.1 Å². The summed E-state index contributed by atoms with van der Waals surface area (Å²) in [5, 5.41) is 10.3. The van der Waals surface area contributed by atoms with Crippen LogP contribution in [0, 0.1) is 17.2 Å². The number of carbonyl (C=O) groups is 2. The van der Waals surface area contributed by atoms with Crippen LogP contribution >= 0.6 is 0 Å². The second-order valence-corrected chi connectivity index (χ2v) is 10.2. The van der Waals surface area contributed by atoms with E-state index in [4.69, 9.17) is 20.2 Å². The number of anilines is 1. The van der Waals surface area contributed by atoms with Crippen LogP contribution in [0.25, 0.3) is 33.3 Å². The summed E-state index contributed by atoms with van der Waals surface area (Å²) in [4.78, 5) is 31.4. The van der Waals surface area contributed by atoms with E-state index in [9.17, 15) is 14.9 Å². The van der Waals surface area contributed by atoms with Gasteiger partial charge in [0.2, 0.25) is 5.91 Å². The van der Waals surface area contributed by atoms with Crippen LogP contribution in [0.3, 0.4) is 0 Å². The van der Waals surface area contributed by atoms with Gasteiger partial charge in [0, 0.05) is 47.7 Å². The van der Waals surface area contributed by atoms with E-state index in [1.807, 2.05) is 50.4 Å². The quantitative estimate of drug-likeness (QED) is 0.189. The minimum absolute atomic E-state index is 0.0235. The van der Waals surface area contributed by atoms with Gasteiger partial charge in [-0.25, -0.2) is 4.98 Å². The van der Waals surface area contributed by atoms with Crippen molar-refractivity contribution in [1.82, 2.24) is 9.55 Å². The van der Waals surface area contributed by atoms with Gasteiger partial charge in [-0.1, -0.05) is 39.0 Å². The molecule has 2 heterocycles. The van der Waals surface area contributed by atoms with E-state index in [0.717, 1.165) is 34.1 Å². The Morgan fingerprint density at radius 1 is 1.17 bits per heavy atom. The molecule has 0 spiro atoms. The molecule has 2 N–H and O–H groups in total. The fourth-order valence-electron chi connectivity index (χ4n) is 4.67. The molecule has 2 aromatic heterocycles. The second kappa shape index (κ2) is 12.7. The van der Waals surface area contributed by atoms with E-state index in [1.54, 1.807) is 50.0 Å². The maximum absolute atomic E-state index is 12.8. The smallest absolute Gasteiger partial charge is 0.325 e. The van der Waals surface area contributed by atoms with Crippen molar-refractivity contribution in [3.05, 3.63) is 79.1 Å². The van der Waals surface area contributed by atoms with Gasteiger partial charge in [0.25, 0.3) is 0 Å². The first-order chi connectivity index (χ1) is 20.1. The SMILES string of the molecule is C=CC(=O)N(C)c1cc(OC)cc(-c2cnc3c(c2)c(-c2cccc(C#N)c2)cn3[C@H](C)OC(=O)C(N)C(C)CC)c1. The molecule has 9 nitrogen and oxygen atoms in total. The van der Waals surface area contributed by atoms with Crippen molar-refractivity contribution in [2.24, 2.45) is 11.7 Å². The van der Waals surface area contributed by atoms with Gasteiger partial charge in [-0.2, -0.15) is 5.26 Å². The highest BCUT2D eigenvalue weighted by atomic mass is 16.6. The molecular weight excluding hydrogens is 530 g/mol. The molecule has 3 atom stereocenters. The molecule has 0 fully saturated rings. The topological polar surface area (TPSA) is 123 Å². The first-order valence-electron chi connectivity index (χ1n) is 13.7. The number of rotatable bonds is 10. The van der Waals surface area contributed by atoms with Crippen LogP contribution in [0.4, 0.5) is 5.69 Å². The molecule has 1 amide bonds. The zero-order valence-electron chi connectivity index (χ0n) is 24.5. The number of fused-ring (bicyclic) bond motifs is 1. The molecule has 0 radical (unpaired) electrons. The van der Waals surface area contributed by atoms with Crippen molar-refractivity contribution in [2.75, 3.05) is 19.1 Å². The Morgan fingerprint density at radius 3 is 2.60 bits per heavy atom. The maximum Gasteiger partial charge on any atom is 0.325 e. The van der Waals surface area contributed by atoms with Gasteiger partial charge in [-0.05, 0) is 60.4 Å². The number of hydrogen-bond acceptors (Lipinski definition) is 7. The third-order valence-electron chi connectivity index (χ3n) is 7.53. The summed E-state index contributed by atoms with van der Waals surface area (Å²) in [5.74, 6) is -0.185. The minimum Gasteiger partial charge on any atom is -0.497 e. The maximum atomic E-state index is 12.8. The molecule has 2 aromatic carbocycles. The number of esters is 1. The van der Waals surface area contributed by atoms with Crippen LogP contribution in [0.2, 0.25) is 0 Å². The zero-order chi connectivity index (χ0) is 30.6. The summed E-state index contributed by atoms with van der Waals surface area (Å²) in [7, 11) is 3.23. The normalized spacial score (nSPS) is 13.1. The Balaban J connectivity index is 1.86. The zero-order valence-corrected chi connectivity index (χ0v) is 24.5. The van der Waals surface area contributed by atoms with Crippen molar-refractivity contribution in [2.45, 2.75) is 39.5 Å². The predicted molar refractivity (Wildman–Crippen MR) is 164 cm³/mol. The molecule has 4 rings (SSSR count). The van der Waals surface area contributed by atoms with E-state index < -0.39 is 18.2 Å². The Hall–Kier alpha value is -4.94. The average molecular weight is 566 g/mol. The molecule has 0 saturated heterocycles. The van der Waals surface area contributed by atoms with E-state index >= 15 is 0 Å². The molecule has 2 unspecified atom stereocenters. The summed E-state index contributed by atoms with van der Waals surface area (Å²) >= 11 is 0. The van der Waals surface area contributed by atoms with E-state index in [1.165, 1.54) is 11.0 Å². The Kier molecular flexibility index (Phi) is 9.09. The average Bonchev–Trinajstić information content (AvgIpc) is 3.42. The number of nitrogens with zero attached hydrogens (tertiary/aromatic N) is 4. The van der Waals surface area contributed by atoms with Gasteiger partial charge in [0.1, 0.15) is 17.4 Å². The van der Waals surface area contributed by atoms with Crippen molar-refractivity contribution in [3.8, 4) is 34.1 Å². The number of likely N-dealkylation sites (N-methyl/N-ethyl adjacent to an activating group) is 1. The van der Waals surface area contributed by atoms with E-state index in [0.29, 0.717) is 22.6 Å². The minimum atomic E-state index is -0.737. The lowest BCUT2D eigenvalue weighted by atomic mass is 10.0. The largest absolute Gasteiger partial charge is 0.497 e. The number of nitriles is 1. The highest BCUT2D eigenvalue weighted by Crippen LogP contribution is 2.37. The standard InChI is InChI=1S/C33H35N5O4/c1-7-20(3)31(35)33(40)42-21(4)38-19-29(23-11-9-10-22(12-23)17-34)28-15-25(18-36-32(28)38)24-13-26(16-27(14-24)41-6)37(5)30(39)8-2/h8-16,18-21,31H,2,7,35H2,1,3-6H3/t20?,21-,31?/m0/s1. The number of amides is 1. The first kappa shape index (κ1) is 30.0. The number of carbonyl (C=O) groups excluding carboxylic acids is 2. The number of hydrogen-bond donors (Lipinski definition) is 1. The number of nitrogens with two attached hydrogens (primary N) is 1. The third kappa shape index (κ3) is 6.04. The molecule has 0 bridgehead atoms. The van der Waals surface area contributed by atoms with Gasteiger partial charge in [0.15, 0.2) is 6.23 Å². The fourth-order valence-corrected chi connectivity index (χ4v) is 4.67. The van der Waals surface area contributed by atoms with Crippen LogP contribution in [-0.2, 0) is 14.3 Å². The highest BCUT2D eigenvalue weighted by Gasteiger charge is 2.25. The van der Waals surface area contributed by atoms with Gasteiger partial charge >= 0.3 is 5.97 Å². The molecule has 42 heavy (non-hydrogen) atoms. The lowest BCUT2D eigenvalue weighted by Gasteiger charge is -2.21. The van der Waals surface area contributed by atoms with Gasteiger partial charge in [-0.15, -0.1) is 0 Å².